The molecule has 1 aliphatic rings. The van der Waals surface area contributed by atoms with Crippen LogP contribution in [0.25, 0.3) is 0 Å². The molecule has 2 nitrogen and oxygen atoms in total. The lowest BCUT2D eigenvalue weighted by atomic mass is 9.88. The summed E-state index contributed by atoms with van der Waals surface area (Å²) in [6.45, 7) is 2.49. The molecule has 17 heavy (non-hydrogen) atoms. The van der Waals surface area contributed by atoms with Crippen LogP contribution >= 0.6 is 0 Å². The van der Waals surface area contributed by atoms with Gasteiger partial charge >= 0.3 is 0 Å². The van der Waals surface area contributed by atoms with E-state index in [9.17, 15) is 9.18 Å². The summed E-state index contributed by atoms with van der Waals surface area (Å²) >= 11 is 0. The molecular formula is C14H17FO2. The predicted molar refractivity (Wildman–Crippen MR) is 63.3 cm³/mol. The van der Waals surface area contributed by atoms with Gasteiger partial charge < -0.3 is 4.74 Å². The quantitative estimate of drug-likeness (QED) is 0.806. The molecule has 1 aromatic carbocycles. The fraction of sp³-hybridized carbons (Fsp3) is 0.500. The van der Waals surface area contributed by atoms with Gasteiger partial charge in [0.25, 0.3) is 0 Å². The van der Waals surface area contributed by atoms with Crippen molar-refractivity contribution in [2.45, 2.75) is 38.2 Å². The Morgan fingerprint density at radius 1 is 1.47 bits per heavy atom. The van der Waals surface area contributed by atoms with Crippen molar-refractivity contribution in [3.05, 3.63) is 35.6 Å². The van der Waals surface area contributed by atoms with Crippen molar-refractivity contribution in [1.29, 1.82) is 0 Å². The monoisotopic (exact) mass is 236 g/mol. The maximum absolute atomic E-state index is 13.0. The van der Waals surface area contributed by atoms with Gasteiger partial charge in [0.05, 0.1) is 0 Å². The van der Waals surface area contributed by atoms with E-state index in [2.05, 4.69) is 0 Å². The normalized spacial score (nSPS) is 24.6. The van der Waals surface area contributed by atoms with Crippen LogP contribution in [0.1, 0.15) is 31.7 Å². The molecular weight excluding hydrogens is 219 g/mol. The number of rotatable bonds is 3. The molecule has 1 heterocycles. The van der Waals surface area contributed by atoms with Crippen LogP contribution in [-0.4, -0.2) is 18.0 Å². The summed E-state index contributed by atoms with van der Waals surface area (Å²) in [5.74, 6) is -0.257. The SMILES string of the molecule is CC1(C(=O)Cc2cccc(F)c2)CCCCO1. The van der Waals surface area contributed by atoms with Gasteiger partial charge in [0.1, 0.15) is 11.4 Å². The Bertz CT molecular complexity index is 408. The van der Waals surface area contributed by atoms with E-state index in [1.54, 1.807) is 12.1 Å². The van der Waals surface area contributed by atoms with Crippen LogP contribution in [0, 0.1) is 5.82 Å². The van der Waals surface area contributed by atoms with Crippen molar-refractivity contribution in [1.82, 2.24) is 0 Å². The molecule has 0 aliphatic carbocycles. The van der Waals surface area contributed by atoms with Gasteiger partial charge in [-0.2, -0.15) is 0 Å². The van der Waals surface area contributed by atoms with E-state index in [1.165, 1.54) is 12.1 Å². The van der Waals surface area contributed by atoms with Gasteiger partial charge in [-0.1, -0.05) is 12.1 Å². The van der Waals surface area contributed by atoms with Crippen molar-refractivity contribution >= 4 is 5.78 Å². The summed E-state index contributed by atoms with van der Waals surface area (Å²) in [7, 11) is 0. The molecule has 0 amide bonds. The Morgan fingerprint density at radius 2 is 2.29 bits per heavy atom. The lowest BCUT2D eigenvalue weighted by Crippen LogP contribution is -2.42. The molecule has 0 saturated carbocycles. The number of halogens is 1. The molecule has 0 bridgehead atoms. The fourth-order valence-electron chi connectivity index (χ4n) is 2.17. The molecule has 1 unspecified atom stereocenters. The first-order chi connectivity index (χ1) is 8.10. The Labute approximate surface area is 101 Å². The maximum atomic E-state index is 13.0. The zero-order valence-electron chi connectivity index (χ0n) is 10.0. The molecule has 0 aromatic heterocycles. The number of hydrogen-bond donors (Lipinski definition) is 0. The highest BCUT2D eigenvalue weighted by Crippen LogP contribution is 2.26. The second-order valence-electron chi connectivity index (χ2n) is 4.77. The summed E-state index contributed by atoms with van der Waals surface area (Å²) in [6.07, 6.45) is 3.05. The van der Waals surface area contributed by atoms with Crippen LogP contribution in [-0.2, 0) is 16.0 Å². The minimum absolute atomic E-state index is 0.0443. The van der Waals surface area contributed by atoms with E-state index in [0.717, 1.165) is 19.3 Å². The van der Waals surface area contributed by atoms with Gasteiger partial charge in [-0.05, 0) is 43.9 Å². The number of carbonyl (C=O) groups excluding carboxylic acids is 1. The Hall–Kier alpha value is -1.22. The molecule has 92 valence electrons. The number of ether oxygens (including phenoxy) is 1. The number of carbonyl (C=O) groups is 1. The van der Waals surface area contributed by atoms with E-state index < -0.39 is 5.60 Å². The first kappa shape index (κ1) is 12.2. The van der Waals surface area contributed by atoms with Crippen LogP contribution in [0.4, 0.5) is 4.39 Å². The molecule has 3 heteroatoms. The molecule has 2 rings (SSSR count). The standard InChI is InChI=1S/C14H17FO2/c1-14(7-2-3-8-17-14)13(16)10-11-5-4-6-12(15)9-11/h4-6,9H,2-3,7-8,10H2,1H3. The molecule has 1 fully saturated rings. The minimum Gasteiger partial charge on any atom is -0.367 e. The maximum Gasteiger partial charge on any atom is 0.168 e. The highest BCUT2D eigenvalue weighted by Gasteiger charge is 2.35. The fourth-order valence-corrected chi connectivity index (χ4v) is 2.17. The molecule has 1 saturated heterocycles. The van der Waals surface area contributed by atoms with Gasteiger partial charge in [0.15, 0.2) is 5.78 Å². The van der Waals surface area contributed by atoms with Crippen molar-refractivity contribution < 1.29 is 13.9 Å². The minimum atomic E-state index is -0.676. The number of hydrogen-bond acceptors (Lipinski definition) is 2. The highest BCUT2D eigenvalue weighted by molar-refractivity contribution is 5.88. The third-order valence-corrected chi connectivity index (χ3v) is 3.31. The second kappa shape index (κ2) is 4.96. The highest BCUT2D eigenvalue weighted by atomic mass is 19.1. The lowest BCUT2D eigenvalue weighted by molar-refractivity contribution is -0.147. The van der Waals surface area contributed by atoms with Crippen LogP contribution < -0.4 is 0 Å². The van der Waals surface area contributed by atoms with Gasteiger partial charge in [-0.25, -0.2) is 4.39 Å². The van der Waals surface area contributed by atoms with Crippen LogP contribution in [0.2, 0.25) is 0 Å². The van der Waals surface area contributed by atoms with Crippen molar-refractivity contribution in [2.24, 2.45) is 0 Å². The predicted octanol–water partition coefficient (Wildman–Crippen LogP) is 2.90. The molecule has 0 radical (unpaired) electrons. The van der Waals surface area contributed by atoms with E-state index in [1.807, 2.05) is 6.92 Å². The van der Waals surface area contributed by atoms with Gasteiger partial charge in [0.2, 0.25) is 0 Å². The summed E-state index contributed by atoms with van der Waals surface area (Å²) in [6, 6.07) is 6.19. The molecule has 1 atom stereocenters. The van der Waals surface area contributed by atoms with E-state index in [0.29, 0.717) is 12.2 Å². The van der Waals surface area contributed by atoms with Gasteiger partial charge in [-0.3, -0.25) is 4.79 Å². The second-order valence-corrected chi connectivity index (χ2v) is 4.77. The van der Waals surface area contributed by atoms with Crippen LogP contribution in [0.15, 0.2) is 24.3 Å². The first-order valence-corrected chi connectivity index (χ1v) is 6.02. The van der Waals surface area contributed by atoms with E-state index in [-0.39, 0.29) is 18.0 Å². The third kappa shape index (κ3) is 2.91. The molecule has 1 aliphatic heterocycles. The molecule has 1 aromatic rings. The Balaban J connectivity index is 2.05. The Kier molecular flexibility index (Phi) is 3.57. The molecule has 0 spiro atoms. The average molecular weight is 236 g/mol. The number of benzene rings is 1. The Morgan fingerprint density at radius 3 is 2.94 bits per heavy atom. The van der Waals surface area contributed by atoms with Crippen molar-refractivity contribution in [3.8, 4) is 0 Å². The van der Waals surface area contributed by atoms with Gasteiger partial charge in [-0.15, -0.1) is 0 Å². The van der Waals surface area contributed by atoms with Crippen molar-refractivity contribution in [2.75, 3.05) is 6.61 Å². The van der Waals surface area contributed by atoms with Gasteiger partial charge in [0, 0.05) is 13.0 Å². The smallest absolute Gasteiger partial charge is 0.168 e. The number of Topliss-reactive ketones (excluding diaryl/α,β-unsaturated/α-hetero) is 1. The summed E-state index contributed by atoms with van der Waals surface area (Å²) < 4.78 is 18.6. The van der Waals surface area contributed by atoms with Crippen LogP contribution in [0.5, 0.6) is 0 Å². The first-order valence-electron chi connectivity index (χ1n) is 6.02. The lowest BCUT2D eigenvalue weighted by Gasteiger charge is -2.32. The largest absolute Gasteiger partial charge is 0.367 e. The van der Waals surface area contributed by atoms with E-state index in [4.69, 9.17) is 4.74 Å². The average Bonchev–Trinajstić information content (AvgIpc) is 2.30. The topological polar surface area (TPSA) is 26.3 Å². The third-order valence-electron chi connectivity index (χ3n) is 3.31. The van der Waals surface area contributed by atoms with Crippen LogP contribution in [0.3, 0.4) is 0 Å². The summed E-state index contributed by atoms with van der Waals surface area (Å²) in [5, 5.41) is 0. The summed E-state index contributed by atoms with van der Waals surface area (Å²) in [5.41, 5.74) is 0.0373. The number of ketones is 1. The zero-order valence-corrected chi connectivity index (χ0v) is 10.0. The van der Waals surface area contributed by atoms with Crippen molar-refractivity contribution in [3.63, 3.8) is 0 Å². The summed E-state index contributed by atoms with van der Waals surface area (Å²) in [4.78, 5) is 12.2. The van der Waals surface area contributed by atoms with E-state index >= 15 is 0 Å². The zero-order chi connectivity index (χ0) is 12.3. The molecule has 0 N–H and O–H groups in total.